The summed E-state index contributed by atoms with van der Waals surface area (Å²) in [6, 6.07) is 8.76. The lowest BCUT2D eigenvalue weighted by molar-refractivity contribution is -0.114. The van der Waals surface area contributed by atoms with E-state index < -0.39 is 0 Å². The fraction of sp³-hybridized carbons (Fsp3) is 0.250. The van der Waals surface area contributed by atoms with Crippen LogP contribution in [0.1, 0.15) is 30.8 Å². The highest BCUT2D eigenvalue weighted by Gasteiger charge is 2.08. The van der Waals surface area contributed by atoms with Crippen LogP contribution in [0.25, 0.3) is 0 Å². The van der Waals surface area contributed by atoms with E-state index in [0.717, 1.165) is 12.1 Å². The van der Waals surface area contributed by atoms with Gasteiger partial charge in [-0.05, 0) is 30.7 Å². The molecular formula is C16H19N5O2. The summed E-state index contributed by atoms with van der Waals surface area (Å²) >= 11 is 0. The highest BCUT2D eigenvalue weighted by atomic mass is 16.2. The largest absolute Gasteiger partial charge is 0.351 e. The molecule has 2 amide bonds. The maximum absolute atomic E-state index is 11.9. The highest BCUT2D eigenvalue weighted by molar-refractivity contribution is 5.93. The van der Waals surface area contributed by atoms with Crippen molar-refractivity contribution in [2.45, 2.75) is 20.3 Å². The number of nitrogens with zero attached hydrogens (tertiary/aromatic N) is 2. The third-order valence-electron chi connectivity index (χ3n) is 2.91. The lowest BCUT2D eigenvalue weighted by atomic mass is 10.2. The molecule has 7 nitrogen and oxygen atoms in total. The van der Waals surface area contributed by atoms with Crippen LogP contribution in [0.4, 0.5) is 17.2 Å². The molecule has 2 aromatic rings. The van der Waals surface area contributed by atoms with Crippen LogP contribution in [0.15, 0.2) is 36.7 Å². The molecule has 0 radical (unpaired) electrons. The van der Waals surface area contributed by atoms with Crippen LogP contribution in [-0.2, 0) is 4.79 Å². The molecule has 7 heteroatoms. The number of nitrogens with one attached hydrogen (secondary N) is 3. The summed E-state index contributed by atoms with van der Waals surface area (Å²) in [4.78, 5) is 30.9. The Balaban J connectivity index is 2.05. The van der Waals surface area contributed by atoms with Gasteiger partial charge in [-0.25, -0.2) is 9.97 Å². The first-order chi connectivity index (χ1) is 11.1. The standard InChI is InChI=1S/C16H19N5O2/c1-3-8-17-16(23)14-9-15(19-10-18-14)21-13-6-4-12(5-7-13)20-11(2)22/h4-7,9-10H,3,8H2,1-2H3,(H,17,23)(H,20,22)(H,18,19,21). The van der Waals surface area contributed by atoms with Gasteiger partial charge in [0.1, 0.15) is 17.8 Å². The van der Waals surface area contributed by atoms with Gasteiger partial charge in [0, 0.05) is 30.9 Å². The van der Waals surface area contributed by atoms with Gasteiger partial charge in [-0.15, -0.1) is 0 Å². The summed E-state index contributed by atoms with van der Waals surface area (Å²) in [7, 11) is 0. The number of hydrogen-bond acceptors (Lipinski definition) is 5. The maximum Gasteiger partial charge on any atom is 0.270 e. The third kappa shape index (κ3) is 5.06. The summed E-state index contributed by atoms with van der Waals surface area (Å²) < 4.78 is 0. The van der Waals surface area contributed by atoms with Gasteiger partial charge in [0.2, 0.25) is 5.91 Å². The fourth-order valence-corrected chi connectivity index (χ4v) is 1.87. The number of anilines is 3. The minimum absolute atomic E-state index is 0.121. The van der Waals surface area contributed by atoms with Crippen molar-refractivity contribution in [2.24, 2.45) is 0 Å². The van der Waals surface area contributed by atoms with Gasteiger partial charge in [-0.3, -0.25) is 9.59 Å². The zero-order valence-electron chi connectivity index (χ0n) is 13.1. The van der Waals surface area contributed by atoms with Crippen LogP contribution in [0.5, 0.6) is 0 Å². The third-order valence-corrected chi connectivity index (χ3v) is 2.91. The molecule has 1 aromatic heterocycles. The van der Waals surface area contributed by atoms with E-state index in [1.807, 2.05) is 19.1 Å². The molecule has 0 aliphatic rings. The Kier molecular flexibility index (Phi) is 5.62. The molecule has 0 bridgehead atoms. The molecule has 0 spiro atoms. The summed E-state index contributed by atoms with van der Waals surface area (Å²) in [5.41, 5.74) is 1.81. The summed E-state index contributed by atoms with van der Waals surface area (Å²) in [6.45, 7) is 4.05. The Hall–Kier alpha value is -2.96. The van der Waals surface area contributed by atoms with Crippen LogP contribution in [0, 0.1) is 0 Å². The van der Waals surface area contributed by atoms with Crippen molar-refractivity contribution in [3.63, 3.8) is 0 Å². The van der Waals surface area contributed by atoms with Gasteiger partial charge in [-0.1, -0.05) is 6.92 Å². The average molecular weight is 313 g/mol. The predicted molar refractivity (Wildman–Crippen MR) is 88.7 cm³/mol. The Morgan fingerprint density at radius 2 is 1.78 bits per heavy atom. The van der Waals surface area contributed by atoms with E-state index in [9.17, 15) is 9.59 Å². The second kappa shape index (κ2) is 7.88. The minimum Gasteiger partial charge on any atom is -0.351 e. The second-order valence-corrected chi connectivity index (χ2v) is 4.93. The molecule has 120 valence electrons. The molecule has 0 saturated carbocycles. The molecule has 1 heterocycles. The van der Waals surface area contributed by atoms with Crippen LogP contribution in [-0.4, -0.2) is 28.3 Å². The van der Waals surface area contributed by atoms with Gasteiger partial charge < -0.3 is 16.0 Å². The van der Waals surface area contributed by atoms with Crippen molar-refractivity contribution in [3.05, 3.63) is 42.4 Å². The molecule has 3 N–H and O–H groups in total. The normalized spacial score (nSPS) is 10.0. The molecule has 0 aliphatic heterocycles. The average Bonchev–Trinajstić information content (AvgIpc) is 2.54. The van der Waals surface area contributed by atoms with Crippen molar-refractivity contribution < 1.29 is 9.59 Å². The zero-order valence-corrected chi connectivity index (χ0v) is 13.1. The molecular weight excluding hydrogens is 294 g/mol. The van der Waals surface area contributed by atoms with Crippen molar-refractivity contribution in [1.82, 2.24) is 15.3 Å². The SMILES string of the molecule is CCCNC(=O)c1cc(Nc2ccc(NC(C)=O)cc2)ncn1. The van der Waals surface area contributed by atoms with E-state index in [2.05, 4.69) is 25.9 Å². The lowest BCUT2D eigenvalue weighted by Gasteiger charge is -2.08. The molecule has 1 aromatic carbocycles. The monoisotopic (exact) mass is 313 g/mol. The first-order valence-electron chi connectivity index (χ1n) is 7.33. The zero-order chi connectivity index (χ0) is 16.7. The first kappa shape index (κ1) is 16.4. The number of benzene rings is 1. The van der Waals surface area contributed by atoms with Crippen LogP contribution in [0.3, 0.4) is 0 Å². The number of carbonyl (C=O) groups is 2. The molecule has 0 saturated heterocycles. The Morgan fingerprint density at radius 1 is 1.09 bits per heavy atom. The molecule has 0 aliphatic carbocycles. The number of rotatable bonds is 6. The molecule has 0 unspecified atom stereocenters. The van der Waals surface area contributed by atoms with Gasteiger partial charge >= 0.3 is 0 Å². The number of hydrogen-bond donors (Lipinski definition) is 3. The molecule has 2 rings (SSSR count). The maximum atomic E-state index is 11.9. The second-order valence-electron chi connectivity index (χ2n) is 4.93. The van der Waals surface area contributed by atoms with Crippen molar-refractivity contribution in [3.8, 4) is 0 Å². The number of amides is 2. The Bertz CT molecular complexity index is 685. The van der Waals surface area contributed by atoms with Gasteiger partial charge in [0.15, 0.2) is 0 Å². The van der Waals surface area contributed by atoms with E-state index in [1.165, 1.54) is 13.3 Å². The first-order valence-corrected chi connectivity index (χ1v) is 7.33. The van der Waals surface area contributed by atoms with E-state index >= 15 is 0 Å². The Labute approximate surface area is 134 Å². The molecule has 0 fully saturated rings. The molecule has 23 heavy (non-hydrogen) atoms. The van der Waals surface area contributed by atoms with Crippen molar-refractivity contribution in [2.75, 3.05) is 17.2 Å². The summed E-state index contributed by atoms with van der Waals surface area (Å²) in [5.74, 6) is 0.177. The summed E-state index contributed by atoms with van der Waals surface area (Å²) in [5, 5.41) is 8.55. The van der Waals surface area contributed by atoms with Gasteiger partial charge in [0.25, 0.3) is 5.91 Å². The van der Waals surface area contributed by atoms with Gasteiger partial charge in [0.05, 0.1) is 0 Å². The summed E-state index contributed by atoms with van der Waals surface area (Å²) in [6.07, 6.45) is 2.21. The topological polar surface area (TPSA) is 96.0 Å². The van der Waals surface area contributed by atoms with E-state index in [-0.39, 0.29) is 11.8 Å². The van der Waals surface area contributed by atoms with Crippen LogP contribution >= 0.6 is 0 Å². The van der Waals surface area contributed by atoms with Crippen molar-refractivity contribution >= 4 is 29.0 Å². The highest BCUT2D eigenvalue weighted by Crippen LogP contribution is 2.17. The minimum atomic E-state index is -0.224. The predicted octanol–water partition coefficient (Wildman–Crippen LogP) is 2.32. The van der Waals surface area contributed by atoms with E-state index in [1.54, 1.807) is 18.2 Å². The van der Waals surface area contributed by atoms with Gasteiger partial charge in [-0.2, -0.15) is 0 Å². The molecule has 0 atom stereocenters. The van der Waals surface area contributed by atoms with E-state index in [4.69, 9.17) is 0 Å². The number of aromatic nitrogens is 2. The van der Waals surface area contributed by atoms with Crippen molar-refractivity contribution in [1.29, 1.82) is 0 Å². The van der Waals surface area contributed by atoms with Crippen LogP contribution < -0.4 is 16.0 Å². The Morgan fingerprint density at radius 3 is 2.43 bits per heavy atom. The van der Waals surface area contributed by atoms with Crippen LogP contribution in [0.2, 0.25) is 0 Å². The lowest BCUT2D eigenvalue weighted by Crippen LogP contribution is -2.25. The van der Waals surface area contributed by atoms with E-state index in [0.29, 0.717) is 23.7 Å². The smallest absolute Gasteiger partial charge is 0.270 e. The number of carbonyl (C=O) groups excluding carboxylic acids is 2. The fourth-order valence-electron chi connectivity index (χ4n) is 1.87. The quantitative estimate of drug-likeness (QED) is 0.760.